The van der Waals surface area contributed by atoms with Gasteiger partial charge in [-0.2, -0.15) is 0 Å². The highest BCUT2D eigenvalue weighted by Gasteiger charge is 2.18. The fraction of sp³-hybridized carbons (Fsp3) is 0.176. The highest BCUT2D eigenvalue weighted by atomic mass is 16.5. The largest absolute Gasteiger partial charge is 0.495 e. The van der Waals surface area contributed by atoms with E-state index in [1.165, 1.54) is 13.4 Å². The minimum atomic E-state index is -0.401. The van der Waals surface area contributed by atoms with Crippen LogP contribution in [0.15, 0.2) is 53.2 Å². The van der Waals surface area contributed by atoms with Crippen molar-refractivity contribution in [2.45, 2.75) is 6.04 Å². The Hall–Kier alpha value is -3.06. The summed E-state index contributed by atoms with van der Waals surface area (Å²) in [5.74, 6) is 0.0953. The molecule has 1 aromatic heterocycles. The van der Waals surface area contributed by atoms with Crippen LogP contribution in [0.25, 0.3) is 0 Å². The first-order valence-electron chi connectivity index (χ1n) is 7.41. The summed E-state index contributed by atoms with van der Waals surface area (Å²) in [5, 5.41) is 8.54. The van der Waals surface area contributed by atoms with Gasteiger partial charge in [0.05, 0.1) is 19.1 Å². The Balaban J connectivity index is 1.76. The fourth-order valence-corrected chi connectivity index (χ4v) is 2.34. The van der Waals surface area contributed by atoms with Crippen molar-refractivity contribution in [2.24, 2.45) is 0 Å². The van der Waals surface area contributed by atoms with E-state index >= 15 is 0 Å². The molecule has 1 aliphatic rings. The zero-order chi connectivity index (χ0) is 16.9. The Kier molecular flexibility index (Phi) is 4.62. The molecule has 24 heavy (non-hydrogen) atoms. The predicted octanol–water partition coefficient (Wildman–Crippen LogP) is 2.01. The van der Waals surface area contributed by atoms with Gasteiger partial charge in [0.1, 0.15) is 11.8 Å². The van der Waals surface area contributed by atoms with Gasteiger partial charge in [-0.15, -0.1) is 0 Å². The van der Waals surface area contributed by atoms with Gasteiger partial charge in [0, 0.05) is 12.2 Å². The number of amides is 2. The van der Waals surface area contributed by atoms with E-state index in [0.717, 1.165) is 0 Å². The second-order valence-corrected chi connectivity index (χ2v) is 5.15. The van der Waals surface area contributed by atoms with Gasteiger partial charge in [-0.3, -0.25) is 14.9 Å². The monoisotopic (exact) mass is 327 g/mol. The van der Waals surface area contributed by atoms with Crippen molar-refractivity contribution >= 4 is 23.2 Å². The first-order chi connectivity index (χ1) is 11.7. The molecule has 0 saturated heterocycles. The van der Waals surface area contributed by atoms with Crippen molar-refractivity contribution in [1.29, 1.82) is 0 Å². The maximum atomic E-state index is 12.1. The standard InChI is InChI=1S/C17H17N3O4/c1-23-14-7-6-11(19-16(21)12-4-2-8-18-12)10-13(14)20-17(22)15-5-3-9-24-15/h2-7,9-10,12,18H,8H2,1H3,(H,19,21)(H,20,22)/t12-/m1/s1. The number of anilines is 2. The topological polar surface area (TPSA) is 92.6 Å². The third-order valence-electron chi connectivity index (χ3n) is 3.53. The highest BCUT2D eigenvalue weighted by molar-refractivity contribution is 6.04. The molecule has 2 amide bonds. The molecule has 1 aromatic carbocycles. The molecule has 2 heterocycles. The molecule has 1 aliphatic heterocycles. The lowest BCUT2D eigenvalue weighted by atomic mass is 10.2. The van der Waals surface area contributed by atoms with Gasteiger partial charge in [-0.1, -0.05) is 12.2 Å². The Morgan fingerprint density at radius 1 is 1.29 bits per heavy atom. The molecule has 0 bridgehead atoms. The van der Waals surface area contributed by atoms with Gasteiger partial charge in [-0.25, -0.2) is 0 Å². The first kappa shape index (κ1) is 15.8. The van der Waals surface area contributed by atoms with E-state index in [2.05, 4.69) is 16.0 Å². The van der Waals surface area contributed by atoms with Gasteiger partial charge in [-0.05, 0) is 30.3 Å². The number of hydrogen-bond acceptors (Lipinski definition) is 5. The van der Waals surface area contributed by atoms with E-state index in [0.29, 0.717) is 23.7 Å². The second-order valence-electron chi connectivity index (χ2n) is 5.15. The number of furan rings is 1. The molecule has 0 radical (unpaired) electrons. The maximum Gasteiger partial charge on any atom is 0.291 e. The lowest BCUT2D eigenvalue weighted by Crippen LogP contribution is -2.35. The summed E-state index contributed by atoms with van der Waals surface area (Å²) in [4.78, 5) is 24.3. The van der Waals surface area contributed by atoms with Gasteiger partial charge >= 0.3 is 0 Å². The predicted molar refractivity (Wildman–Crippen MR) is 89.2 cm³/mol. The molecule has 3 N–H and O–H groups in total. The van der Waals surface area contributed by atoms with Gasteiger partial charge in [0.15, 0.2) is 5.76 Å². The molecule has 2 aromatic rings. The van der Waals surface area contributed by atoms with Crippen molar-refractivity contribution in [3.05, 3.63) is 54.5 Å². The summed E-state index contributed by atoms with van der Waals surface area (Å²) in [6.45, 7) is 0.672. The minimum Gasteiger partial charge on any atom is -0.495 e. The number of methoxy groups -OCH3 is 1. The molecule has 0 unspecified atom stereocenters. The Morgan fingerprint density at radius 2 is 2.17 bits per heavy atom. The number of ether oxygens (including phenoxy) is 1. The zero-order valence-corrected chi connectivity index (χ0v) is 13.0. The third kappa shape index (κ3) is 3.47. The number of carbonyl (C=O) groups is 2. The number of nitrogens with one attached hydrogen (secondary N) is 3. The summed E-state index contributed by atoms with van der Waals surface area (Å²) < 4.78 is 10.3. The minimum absolute atomic E-state index is 0.169. The SMILES string of the molecule is COc1ccc(NC(=O)[C@H]2C=CCN2)cc1NC(=O)c1ccco1. The lowest BCUT2D eigenvalue weighted by molar-refractivity contribution is -0.116. The lowest BCUT2D eigenvalue weighted by Gasteiger charge is -2.14. The Morgan fingerprint density at radius 3 is 2.83 bits per heavy atom. The summed E-state index contributed by atoms with van der Waals surface area (Å²) >= 11 is 0. The van der Waals surface area contributed by atoms with E-state index in [9.17, 15) is 9.59 Å². The molecule has 124 valence electrons. The van der Waals surface area contributed by atoms with Gasteiger partial charge in [0.25, 0.3) is 5.91 Å². The maximum absolute atomic E-state index is 12.1. The molecule has 3 rings (SSSR count). The number of carbonyl (C=O) groups excluding carboxylic acids is 2. The number of benzene rings is 1. The Bertz CT molecular complexity index is 768. The first-order valence-corrected chi connectivity index (χ1v) is 7.41. The molecule has 0 spiro atoms. The van der Waals surface area contributed by atoms with Crippen molar-refractivity contribution in [2.75, 3.05) is 24.3 Å². The van der Waals surface area contributed by atoms with Crippen LogP contribution in [-0.2, 0) is 4.79 Å². The van der Waals surface area contributed by atoms with Crippen LogP contribution < -0.4 is 20.7 Å². The van der Waals surface area contributed by atoms with Gasteiger partial charge in [0.2, 0.25) is 5.91 Å². The summed E-state index contributed by atoms with van der Waals surface area (Å²) in [6.07, 6.45) is 5.12. The number of rotatable bonds is 5. The van der Waals surface area contributed by atoms with Crippen LogP contribution in [0.3, 0.4) is 0 Å². The summed E-state index contributed by atoms with van der Waals surface area (Å²) in [6, 6.07) is 7.85. The Labute approximate surface area is 138 Å². The van der Waals surface area contributed by atoms with E-state index in [1.54, 1.807) is 36.4 Å². The van der Waals surface area contributed by atoms with E-state index in [1.807, 2.05) is 6.08 Å². The van der Waals surface area contributed by atoms with Crippen molar-refractivity contribution in [3.63, 3.8) is 0 Å². The quantitative estimate of drug-likeness (QED) is 0.731. The molecule has 7 heteroatoms. The van der Waals surface area contributed by atoms with E-state index in [4.69, 9.17) is 9.15 Å². The van der Waals surface area contributed by atoms with Crippen LogP contribution >= 0.6 is 0 Å². The average molecular weight is 327 g/mol. The van der Waals surface area contributed by atoms with Crippen LogP contribution in [0, 0.1) is 0 Å². The average Bonchev–Trinajstić information content (AvgIpc) is 3.28. The van der Waals surface area contributed by atoms with Crippen LogP contribution in [-0.4, -0.2) is 31.5 Å². The van der Waals surface area contributed by atoms with Crippen molar-refractivity contribution < 1.29 is 18.7 Å². The van der Waals surface area contributed by atoms with E-state index in [-0.39, 0.29) is 17.7 Å². The molecule has 7 nitrogen and oxygen atoms in total. The smallest absolute Gasteiger partial charge is 0.291 e. The third-order valence-corrected chi connectivity index (χ3v) is 3.53. The zero-order valence-electron chi connectivity index (χ0n) is 13.0. The summed E-state index contributed by atoms with van der Waals surface area (Å²) in [5.41, 5.74) is 0.990. The van der Waals surface area contributed by atoms with Gasteiger partial charge < -0.3 is 19.8 Å². The highest BCUT2D eigenvalue weighted by Crippen LogP contribution is 2.28. The molecule has 0 aliphatic carbocycles. The molecule has 0 fully saturated rings. The van der Waals surface area contributed by atoms with Crippen LogP contribution in [0.5, 0.6) is 5.75 Å². The normalized spacial score (nSPS) is 16.0. The number of hydrogen-bond donors (Lipinski definition) is 3. The molecular formula is C17H17N3O4. The van der Waals surface area contributed by atoms with Crippen LogP contribution in [0.2, 0.25) is 0 Å². The fourth-order valence-electron chi connectivity index (χ4n) is 2.34. The summed E-state index contributed by atoms with van der Waals surface area (Å²) in [7, 11) is 1.50. The van der Waals surface area contributed by atoms with Crippen LogP contribution in [0.4, 0.5) is 11.4 Å². The van der Waals surface area contributed by atoms with Crippen LogP contribution in [0.1, 0.15) is 10.6 Å². The van der Waals surface area contributed by atoms with E-state index < -0.39 is 5.91 Å². The molecule has 0 saturated carbocycles. The van der Waals surface area contributed by atoms with Crippen molar-refractivity contribution in [1.82, 2.24) is 5.32 Å². The molecule has 1 atom stereocenters. The molecular weight excluding hydrogens is 310 g/mol. The second kappa shape index (κ2) is 7.01. The van der Waals surface area contributed by atoms with Crippen molar-refractivity contribution in [3.8, 4) is 5.75 Å².